The van der Waals surface area contributed by atoms with Crippen molar-refractivity contribution in [2.75, 3.05) is 49.4 Å². The molecule has 2 atom stereocenters. The van der Waals surface area contributed by atoms with Gasteiger partial charge in [0, 0.05) is 34.9 Å². The molecule has 2 aliphatic heterocycles. The average Bonchev–Trinajstić information content (AvgIpc) is 1.54. The van der Waals surface area contributed by atoms with Crippen molar-refractivity contribution in [2.24, 2.45) is 10.8 Å². The maximum Gasteiger partial charge on any atom is 0.150 e. The van der Waals surface area contributed by atoms with Gasteiger partial charge >= 0.3 is 0 Å². The standard InChI is InChI=1S/C86H68F4N2O4/c1-3-83(51-93-52-83)55-95-69-39-27-61(28-40-69)85(59-15-7-5-8-16-59)75-21-13-11-19-71(75)73-43-37-67(49-77(73)85)91(81-45-31-63(87)47-79(81)89)65-33-23-57(24-34-65)58-25-35-66(36-26-58)92(82-46-32-64(88)48-80(82)90)68-38-44-74-72-20-12-14-22-76(72)86(78(74)50-68,60-17-9-6-10-18-60)62-29-41-70(42-30-62)96-56-84(4-2)53-94-54-84/h5-50H,3-4,51-56H2,1-2H3. The zero-order valence-corrected chi connectivity index (χ0v) is 53.3. The summed E-state index contributed by atoms with van der Waals surface area (Å²) in [4.78, 5) is 3.69. The quantitative estimate of drug-likeness (QED) is 0.0752. The van der Waals surface area contributed by atoms with Crippen LogP contribution < -0.4 is 19.3 Å². The van der Waals surface area contributed by atoms with E-state index in [0.29, 0.717) is 62.4 Å². The minimum absolute atomic E-state index is 0.0137. The summed E-state index contributed by atoms with van der Waals surface area (Å²) in [5.74, 6) is -1.25. The molecule has 96 heavy (non-hydrogen) atoms. The number of fused-ring (bicyclic) bond motifs is 6. The molecule has 2 saturated heterocycles. The van der Waals surface area contributed by atoms with Crippen molar-refractivity contribution in [3.63, 3.8) is 0 Å². The van der Waals surface area contributed by atoms with Crippen LogP contribution in [-0.4, -0.2) is 39.6 Å². The SMILES string of the molecule is CCC1(COc2ccc(C3(c4ccccc4)c4ccccc4-c4ccc(N(c5ccc(-c6ccc(N(c7ccc8c(c7)C(c7ccccc7)(c7ccc(OCC9(CC)COC9)cc7)c7ccccc7-8)c7ccc(F)cc7F)cc6)cc5)c5ccc(F)cc5F)cc43)cc2)COC1. The van der Waals surface area contributed by atoms with Crippen molar-refractivity contribution in [1.29, 1.82) is 0 Å². The van der Waals surface area contributed by atoms with Gasteiger partial charge < -0.3 is 28.7 Å². The molecular weight excluding hydrogens is 1200 g/mol. The highest BCUT2D eigenvalue weighted by Gasteiger charge is 2.49. The predicted octanol–water partition coefficient (Wildman–Crippen LogP) is 21.2. The van der Waals surface area contributed by atoms with Crippen LogP contribution in [-0.2, 0) is 20.3 Å². The maximum atomic E-state index is 16.7. The summed E-state index contributed by atoms with van der Waals surface area (Å²) in [6.07, 6.45) is 1.94. The normalized spacial score (nSPS) is 17.4. The molecule has 0 saturated carbocycles. The summed E-state index contributed by atoms with van der Waals surface area (Å²) in [5.41, 5.74) is 15.8. The topological polar surface area (TPSA) is 43.4 Å². The molecule has 2 unspecified atom stereocenters. The lowest BCUT2D eigenvalue weighted by atomic mass is 9.67. The van der Waals surface area contributed by atoms with E-state index in [1.165, 1.54) is 24.3 Å². The van der Waals surface area contributed by atoms with Crippen LogP contribution in [0.25, 0.3) is 33.4 Å². The van der Waals surface area contributed by atoms with Crippen molar-refractivity contribution in [1.82, 2.24) is 0 Å². The van der Waals surface area contributed by atoms with E-state index in [2.05, 4.69) is 184 Å². The van der Waals surface area contributed by atoms with Crippen LogP contribution in [0.3, 0.4) is 0 Å². The monoisotopic (exact) mass is 1270 g/mol. The van der Waals surface area contributed by atoms with Crippen molar-refractivity contribution in [2.45, 2.75) is 37.5 Å². The van der Waals surface area contributed by atoms with Crippen molar-refractivity contribution in [3.8, 4) is 44.9 Å². The van der Waals surface area contributed by atoms with Gasteiger partial charge in [0.25, 0.3) is 0 Å². The molecule has 0 bridgehead atoms. The van der Waals surface area contributed by atoms with Gasteiger partial charge in [-0.3, -0.25) is 0 Å². The van der Waals surface area contributed by atoms with Crippen LogP contribution in [0.4, 0.5) is 51.7 Å². The second-order valence-corrected chi connectivity index (χ2v) is 26.1. The van der Waals surface area contributed by atoms with E-state index < -0.39 is 34.1 Å². The highest BCUT2D eigenvalue weighted by molar-refractivity contribution is 5.92. The van der Waals surface area contributed by atoms with Gasteiger partial charge in [0.2, 0.25) is 0 Å². The van der Waals surface area contributed by atoms with Gasteiger partial charge in [-0.25, -0.2) is 17.6 Å². The van der Waals surface area contributed by atoms with E-state index in [4.69, 9.17) is 18.9 Å². The van der Waals surface area contributed by atoms with E-state index in [1.807, 2.05) is 82.6 Å². The number of rotatable bonds is 19. The van der Waals surface area contributed by atoms with E-state index >= 15 is 8.78 Å². The zero-order chi connectivity index (χ0) is 65.2. The first-order valence-corrected chi connectivity index (χ1v) is 32.9. The minimum Gasteiger partial charge on any atom is -0.493 e. The van der Waals surface area contributed by atoms with Gasteiger partial charge in [-0.1, -0.05) is 184 Å². The molecule has 12 aromatic carbocycles. The van der Waals surface area contributed by atoms with E-state index in [0.717, 1.165) is 114 Å². The Kier molecular flexibility index (Phi) is 15.3. The maximum absolute atomic E-state index is 16.7. The molecule has 0 aromatic heterocycles. The van der Waals surface area contributed by atoms with E-state index in [1.54, 1.807) is 0 Å². The molecule has 0 N–H and O–H groups in total. The van der Waals surface area contributed by atoms with Gasteiger partial charge in [0.05, 0.1) is 72.7 Å². The molecule has 4 aliphatic rings. The summed E-state index contributed by atoms with van der Waals surface area (Å²) in [5, 5.41) is 0. The first-order valence-electron chi connectivity index (χ1n) is 32.9. The average molecular weight is 1270 g/mol. The van der Waals surface area contributed by atoms with Crippen molar-refractivity contribution < 1.29 is 36.5 Å². The molecule has 10 heteroatoms. The van der Waals surface area contributed by atoms with Gasteiger partial charge in [-0.2, -0.15) is 0 Å². The number of ether oxygens (including phenoxy) is 4. The van der Waals surface area contributed by atoms with Crippen LogP contribution in [0, 0.1) is 34.1 Å². The number of nitrogens with zero attached hydrogens (tertiary/aromatic N) is 2. The lowest BCUT2D eigenvalue weighted by Gasteiger charge is -2.40. The van der Waals surface area contributed by atoms with Crippen LogP contribution in [0.5, 0.6) is 11.5 Å². The number of halogens is 4. The molecular formula is C86H68F4N2O4. The lowest BCUT2D eigenvalue weighted by Crippen LogP contribution is -2.46. The van der Waals surface area contributed by atoms with E-state index in [-0.39, 0.29) is 22.2 Å². The largest absolute Gasteiger partial charge is 0.493 e. The molecule has 474 valence electrons. The fourth-order valence-corrected chi connectivity index (χ4v) is 15.2. The first-order chi connectivity index (χ1) is 47.0. The fraction of sp³-hybridized carbons (Fsp3) is 0.163. The summed E-state index contributed by atoms with van der Waals surface area (Å²) in [6.45, 7) is 8.25. The number of hydrogen-bond donors (Lipinski definition) is 0. The van der Waals surface area contributed by atoms with Crippen LogP contribution in [0.1, 0.15) is 71.2 Å². The Bertz CT molecular complexity index is 4550. The summed E-state index contributed by atoms with van der Waals surface area (Å²) >= 11 is 0. The summed E-state index contributed by atoms with van der Waals surface area (Å²) < 4.78 is 87.3. The zero-order valence-electron chi connectivity index (χ0n) is 53.3. The number of hydrogen-bond acceptors (Lipinski definition) is 6. The Morgan fingerprint density at radius 2 is 0.677 bits per heavy atom. The minimum atomic E-state index is -0.804. The van der Waals surface area contributed by atoms with E-state index in [9.17, 15) is 8.78 Å². The van der Waals surface area contributed by atoms with Crippen LogP contribution in [0.2, 0.25) is 0 Å². The summed E-state index contributed by atoms with van der Waals surface area (Å²) in [7, 11) is 0. The molecule has 0 radical (unpaired) electrons. The van der Waals surface area contributed by atoms with Gasteiger partial charge in [0.15, 0.2) is 0 Å². The third-order valence-corrected chi connectivity index (χ3v) is 20.7. The Balaban J connectivity index is 0.766. The molecule has 2 fully saturated rings. The number of benzene rings is 12. The highest BCUT2D eigenvalue weighted by Crippen LogP contribution is 2.60. The molecule has 2 aliphatic carbocycles. The van der Waals surface area contributed by atoms with Crippen LogP contribution in [0.15, 0.2) is 279 Å². The highest BCUT2D eigenvalue weighted by atomic mass is 19.1. The molecule has 12 aromatic rings. The van der Waals surface area contributed by atoms with Gasteiger partial charge in [-0.15, -0.1) is 0 Å². The Morgan fingerprint density at radius 3 is 1.03 bits per heavy atom. The Hall–Kier alpha value is -10.5. The predicted molar refractivity (Wildman–Crippen MR) is 374 cm³/mol. The van der Waals surface area contributed by atoms with Gasteiger partial charge in [0.1, 0.15) is 34.8 Å². The molecule has 16 rings (SSSR count). The van der Waals surface area contributed by atoms with Crippen molar-refractivity contribution in [3.05, 3.63) is 347 Å². The first kappa shape index (κ1) is 60.4. The summed E-state index contributed by atoms with van der Waals surface area (Å²) in [6, 6.07) is 90.6. The number of anilines is 6. The fourth-order valence-electron chi connectivity index (χ4n) is 15.2. The van der Waals surface area contributed by atoms with Crippen molar-refractivity contribution >= 4 is 34.1 Å². The Morgan fingerprint density at radius 1 is 0.333 bits per heavy atom. The smallest absolute Gasteiger partial charge is 0.150 e. The molecule has 0 spiro atoms. The second kappa shape index (κ2) is 24.4. The Labute approximate surface area is 557 Å². The lowest BCUT2D eigenvalue weighted by molar-refractivity contribution is -0.133. The second-order valence-electron chi connectivity index (χ2n) is 26.1. The van der Waals surface area contributed by atoms with Crippen LogP contribution >= 0.6 is 0 Å². The molecule has 2 heterocycles. The molecule has 6 nitrogen and oxygen atoms in total. The van der Waals surface area contributed by atoms with Gasteiger partial charge in [-0.05, 0) is 188 Å². The third-order valence-electron chi connectivity index (χ3n) is 20.7. The molecule has 0 amide bonds. The third kappa shape index (κ3) is 10.1.